The van der Waals surface area contributed by atoms with Crippen LogP contribution in [0, 0.1) is 0 Å². The van der Waals surface area contributed by atoms with Crippen molar-refractivity contribution in [3.63, 3.8) is 0 Å². The predicted octanol–water partition coefficient (Wildman–Crippen LogP) is 2.05. The van der Waals surface area contributed by atoms with E-state index >= 15 is 0 Å². The summed E-state index contributed by atoms with van der Waals surface area (Å²) in [6.45, 7) is 7.13. The number of amides is 1. The molecule has 3 rings (SSSR count). The average molecular weight is 324 g/mol. The van der Waals surface area contributed by atoms with E-state index in [-0.39, 0.29) is 12.0 Å². The summed E-state index contributed by atoms with van der Waals surface area (Å²) in [6, 6.07) is 0. The van der Waals surface area contributed by atoms with Crippen LogP contribution < -0.4 is 0 Å². The van der Waals surface area contributed by atoms with Gasteiger partial charge >= 0.3 is 0 Å². The highest BCUT2D eigenvalue weighted by molar-refractivity contribution is 5.81. The monoisotopic (exact) mass is 324 g/mol. The Labute approximate surface area is 140 Å². The van der Waals surface area contributed by atoms with Gasteiger partial charge < -0.3 is 14.4 Å². The Morgan fingerprint density at radius 1 is 1.04 bits per heavy atom. The molecule has 5 heteroatoms. The highest BCUT2D eigenvalue weighted by Gasteiger charge is 2.32. The molecule has 2 saturated heterocycles. The van der Waals surface area contributed by atoms with Gasteiger partial charge in [-0.3, -0.25) is 9.69 Å². The first kappa shape index (κ1) is 17.2. The normalized spacial score (nSPS) is 28.9. The van der Waals surface area contributed by atoms with Crippen LogP contribution in [0.4, 0.5) is 0 Å². The third-order valence-electron chi connectivity index (χ3n) is 5.56. The highest BCUT2D eigenvalue weighted by atomic mass is 16.5. The molecule has 0 radical (unpaired) electrons. The molecule has 5 nitrogen and oxygen atoms in total. The van der Waals surface area contributed by atoms with Gasteiger partial charge in [-0.25, -0.2) is 0 Å². The third-order valence-corrected chi connectivity index (χ3v) is 5.56. The molecule has 0 aromatic heterocycles. The zero-order valence-electron chi connectivity index (χ0n) is 14.5. The fraction of sp³-hybridized carbons (Fsp3) is 0.944. The Kier molecular flexibility index (Phi) is 6.31. The lowest BCUT2D eigenvalue weighted by atomic mass is 9.97. The zero-order chi connectivity index (χ0) is 16.1. The van der Waals surface area contributed by atoms with E-state index < -0.39 is 0 Å². The lowest BCUT2D eigenvalue weighted by molar-refractivity contribution is -0.152. The van der Waals surface area contributed by atoms with Crippen LogP contribution in [0.5, 0.6) is 0 Å². The minimum atomic E-state index is -0.264. The van der Waals surface area contributed by atoms with Crippen molar-refractivity contribution in [1.82, 2.24) is 9.80 Å². The Morgan fingerprint density at radius 3 is 2.43 bits per heavy atom. The fourth-order valence-electron chi connectivity index (χ4n) is 4.03. The second-order valence-corrected chi connectivity index (χ2v) is 7.17. The van der Waals surface area contributed by atoms with Crippen molar-refractivity contribution in [2.24, 2.45) is 0 Å². The summed E-state index contributed by atoms with van der Waals surface area (Å²) in [5.74, 6) is 0.180. The van der Waals surface area contributed by atoms with Gasteiger partial charge in [0.05, 0.1) is 18.8 Å². The number of carbonyl (C=O) groups is 1. The van der Waals surface area contributed by atoms with Crippen molar-refractivity contribution in [3.05, 3.63) is 0 Å². The minimum absolute atomic E-state index is 0.180. The number of hydrogen-bond acceptors (Lipinski definition) is 4. The van der Waals surface area contributed by atoms with Gasteiger partial charge in [0, 0.05) is 26.2 Å². The fourth-order valence-corrected chi connectivity index (χ4v) is 4.03. The van der Waals surface area contributed by atoms with Crippen molar-refractivity contribution >= 4 is 5.91 Å². The molecule has 1 atom stereocenters. The molecular formula is C18H32N2O3. The summed E-state index contributed by atoms with van der Waals surface area (Å²) >= 11 is 0. The predicted molar refractivity (Wildman–Crippen MR) is 89.4 cm³/mol. The maximum absolute atomic E-state index is 12.6. The molecule has 1 amide bonds. The van der Waals surface area contributed by atoms with E-state index in [1.54, 1.807) is 0 Å². The molecular weight excluding hydrogens is 292 g/mol. The standard InChI is InChI=1S/C18H32N2O3/c1-2-19-12-13-22-17(14-19)18(21)20-10-8-16(9-11-20)23-15-6-4-3-5-7-15/h15-17H,2-14H2,1H3. The van der Waals surface area contributed by atoms with Crippen molar-refractivity contribution in [2.75, 3.05) is 39.3 Å². The number of rotatable bonds is 4. The minimum Gasteiger partial charge on any atom is -0.375 e. The van der Waals surface area contributed by atoms with Crippen molar-refractivity contribution in [2.45, 2.75) is 70.2 Å². The number of likely N-dealkylation sites (N-methyl/N-ethyl adjacent to an activating group) is 1. The van der Waals surface area contributed by atoms with Gasteiger partial charge in [0.25, 0.3) is 5.91 Å². The quantitative estimate of drug-likeness (QED) is 0.794. The summed E-state index contributed by atoms with van der Waals surface area (Å²) in [5, 5.41) is 0. The molecule has 2 heterocycles. The maximum atomic E-state index is 12.6. The molecule has 0 bridgehead atoms. The number of morpholine rings is 1. The van der Waals surface area contributed by atoms with Gasteiger partial charge in [-0.05, 0) is 32.2 Å². The Hall–Kier alpha value is -0.650. The van der Waals surface area contributed by atoms with Crippen LogP contribution in [0.25, 0.3) is 0 Å². The second-order valence-electron chi connectivity index (χ2n) is 7.17. The number of piperidine rings is 1. The van der Waals surface area contributed by atoms with Gasteiger partial charge in [0.15, 0.2) is 0 Å². The van der Waals surface area contributed by atoms with E-state index in [0.29, 0.717) is 18.8 Å². The third kappa shape index (κ3) is 4.68. The molecule has 132 valence electrons. The van der Waals surface area contributed by atoms with E-state index in [0.717, 1.165) is 45.6 Å². The number of carbonyl (C=O) groups excluding carboxylic acids is 1. The van der Waals surface area contributed by atoms with Crippen LogP contribution in [0.1, 0.15) is 51.9 Å². The van der Waals surface area contributed by atoms with Gasteiger partial charge in [0.1, 0.15) is 6.10 Å². The molecule has 1 unspecified atom stereocenters. The van der Waals surface area contributed by atoms with Crippen LogP contribution in [0.2, 0.25) is 0 Å². The van der Waals surface area contributed by atoms with Crippen LogP contribution in [-0.2, 0) is 14.3 Å². The van der Waals surface area contributed by atoms with Crippen LogP contribution >= 0.6 is 0 Å². The van der Waals surface area contributed by atoms with Gasteiger partial charge in [-0.1, -0.05) is 26.2 Å². The lowest BCUT2D eigenvalue weighted by Gasteiger charge is -2.38. The topological polar surface area (TPSA) is 42.0 Å². The number of nitrogens with zero attached hydrogens (tertiary/aromatic N) is 2. The number of hydrogen-bond donors (Lipinski definition) is 0. The summed E-state index contributed by atoms with van der Waals surface area (Å²) in [4.78, 5) is 16.9. The van der Waals surface area contributed by atoms with E-state index in [1.165, 1.54) is 32.1 Å². The molecule has 1 saturated carbocycles. The van der Waals surface area contributed by atoms with E-state index in [9.17, 15) is 4.79 Å². The van der Waals surface area contributed by atoms with E-state index in [1.807, 2.05) is 4.90 Å². The summed E-state index contributed by atoms with van der Waals surface area (Å²) < 4.78 is 12.0. The zero-order valence-corrected chi connectivity index (χ0v) is 14.5. The number of likely N-dealkylation sites (tertiary alicyclic amines) is 1. The first-order valence-electron chi connectivity index (χ1n) is 9.54. The lowest BCUT2D eigenvalue weighted by Crippen LogP contribution is -2.53. The number of ether oxygens (including phenoxy) is 2. The van der Waals surface area contributed by atoms with Crippen LogP contribution in [0.15, 0.2) is 0 Å². The highest BCUT2D eigenvalue weighted by Crippen LogP contribution is 2.25. The van der Waals surface area contributed by atoms with Crippen molar-refractivity contribution < 1.29 is 14.3 Å². The van der Waals surface area contributed by atoms with Gasteiger partial charge in [-0.15, -0.1) is 0 Å². The molecule has 3 fully saturated rings. The van der Waals surface area contributed by atoms with Gasteiger partial charge in [-0.2, -0.15) is 0 Å². The van der Waals surface area contributed by atoms with Gasteiger partial charge in [0.2, 0.25) is 0 Å². The molecule has 0 aromatic rings. The largest absolute Gasteiger partial charge is 0.375 e. The van der Waals surface area contributed by atoms with Crippen LogP contribution in [0.3, 0.4) is 0 Å². The molecule has 3 aliphatic rings. The molecule has 0 spiro atoms. The average Bonchev–Trinajstić information content (AvgIpc) is 2.63. The maximum Gasteiger partial charge on any atom is 0.253 e. The Bertz CT molecular complexity index is 376. The summed E-state index contributed by atoms with van der Waals surface area (Å²) in [7, 11) is 0. The molecule has 23 heavy (non-hydrogen) atoms. The summed E-state index contributed by atoms with van der Waals surface area (Å²) in [5.41, 5.74) is 0. The SMILES string of the molecule is CCN1CCOC(C(=O)N2CCC(OC3CCCCC3)CC2)C1. The van der Waals surface area contributed by atoms with Crippen LogP contribution in [-0.4, -0.2) is 73.3 Å². The molecule has 2 aliphatic heterocycles. The molecule has 0 aromatic carbocycles. The van der Waals surface area contributed by atoms with Crippen molar-refractivity contribution in [3.8, 4) is 0 Å². The van der Waals surface area contributed by atoms with E-state index in [2.05, 4.69) is 11.8 Å². The molecule has 0 N–H and O–H groups in total. The summed E-state index contributed by atoms with van der Waals surface area (Å²) in [6.07, 6.45) is 8.95. The van der Waals surface area contributed by atoms with E-state index in [4.69, 9.17) is 9.47 Å². The first-order chi connectivity index (χ1) is 11.3. The Balaban J connectivity index is 1.42. The smallest absolute Gasteiger partial charge is 0.253 e. The van der Waals surface area contributed by atoms with Crippen molar-refractivity contribution in [1.29, 1.82) is 0 Å². The second kappa shape index (κ2) is 8.45. The Morgan fingerprint density at radius 2 is 1.74 bits per heavy atom. The first-order valence-corrected chi connectivity index (χ1v) is 9.54. The molecule has 1 aliphatic carbocycles.